The highest BCUT2D eigenvalue weighted by molar-refractivity contribution is 7.78. The lowest BCUT2D eigenvalue weighted by Crippen LogP contribution is -2.07. The van der Waals surface area contributed by atoms with Crippen LogP contribution in [0.15, 0.2) is 24.3 Å². The molecule has 0 radical (unpaired) electrons. The summed E-state index contributed by atoms with van der Waals surface area (Å²) in [6, 6.07) is 7.39. The van der Waals surface area contributed by atoms with Gasteiger partial charge in [-0.3, -0.25) is 4.72 Å². The molecule has 0 aromatic heterocycles. The highest BCUT2D eigenvalue weighted by Crippen LogP contribution is 2.13. The van der Waals surface area contributed by atoms with Crippen molar-refractivity contribution in [2.75, 3.05) is 7.11 Å². The predicted molar refractivity (Wildman–Crippen MR) is 58.3 cm³/mol. The lowest BCUT2D eigenvalue weighted by molar-refractivity contribution is 0.0600. The Morgan fingerprint density at radius 2 is 2.00 bits per heavy atom. The third-order valence-corrected chi connectivity index (χ3v) is 2.41. The van der Waals surface area contributed by atoms with E-state index >= 15 is 0 Å². The molecular weight excluding hydrogens is 198 g/mol. The van der Waals surface area contributed by atoms with Gasteiger partial charge in [0.05, 0.1) is 12.7 Å². The Labute approximate surface area is 89.0 Å². The Hall–Kier alpha value is -1.00. The summed E-state index contributed by atoms with van der Waals surface area (Å²) in [4.78, 5) is 11.1. The number of rotatable bonds is 3. The van der Waals surface area contributed by atoms with Crippen molar-refractivity contribution >= 4 is 18.8 Å². The van der Waals surface area contributed by atoms with Crippen molar-refractivity contribution in [3.8, 4) is 0 Å². The first-order valence-corrected chi connectivity index (χ1v) is 4.71. The van der Waals surface area contributed by atoms with Crippen LogP contribution in [0.4, 0.5) is 0 Å². The number of ether oxygens (including phenoxy) is 1. The summed E-state index contributed by atoms with van der Waals surface area (Å²) in [6.07, 6.45) is 0. The molecule has 1 aromatic rings. The van der Waals surface area contributed by atoms with Gasteiger partial charge in [0.1, 0.15) is 0 Å². The van der Waals surface area contributed by atoms with Gasteiger partial charge in [-0.15, -0.1) is 0 Å². The molecule has 0 saturated carbocycles. The van der Waals surface area contributed by atoms with Crippen LogP contribution in [0.3, 0.4) is 0 Å². The van der Waals surface area contributed by atoms with Gasteiger partial charge in [-0.1, -0.05) is 24.9 Å². The summed E-state index contributed by atoms with van der Waals surface area (Å²) in [5.74, 6) is -0.317. The van der Waals surface area contributed by atoms with Crippen LogP contribution in [-0.4, -0.2) is 13.1 Å². The highest BCUT2D eigenvalue weighted by Gasteiger charge is 2.06. The zero-order valence-electron chi connectivity index (χ0n) is 8.15. The van der Waals surface area contributed by atoms with Crippen molar-refractivity contribution < 1.29 is 9.53 Å². The number of methoxy groups -OCH3 is 1. The van der Waals surface area contributed by atoms with E-state index in [1.54, 1.807) is 12.1 Å². The molecule has 0 amide bonds. The number of hydrogen-bond donors (Lipinski definition) is 2. The van der Waals surface area contributed by atoms with Crippen molar-refractivity contribution in [3.05, 3.63) is 35.4 Å². The first-order chi connectivity index (χ1) is 6.69. The quantitative estimate of drug-likeness (QED) is 0.593. The first-order valence-electron chi connectivity index (χ1n) is 4.27. The van der Waals surface area contributed by atoms with E-state index in [4.69, 9.17) is 0 Å². The maximum absolute atomic E-state index is 11.1. The molecule has 0 saturated heterocycles. The highest BCUT2D eigenvalue weighted by atomic mass is 32.1. The van der Waals surface area contributed by atoms with Gasteiger partial charge in [-0.25, -0.2) is 4.79 Å². The van der Waals surface area contributed by atoms with Crippen LogP contribution in [0.1, 0.15) is 28.9 Å². The Bertz CT molecular complexity index is 310. The number of esters is 1. The van der Waals surface area contributed by atoms with Crippen molar-refractivity contribution in [2.45, 2.75) is 13.0 Å². The number of carbonyl (C=O) groups excluding carboxylic acids is 1. The molecule has 1 atom stereocenters. The number of benzene rings is 1. The lowest BCUT2D eigenvalue weighted by Gasteiger charge is -2.09. The van der Waals surface area contributed by atoms with Gasteiger partial charge in [0.2, 0.25) is 0 Å². The molecule has 0 bridgehead atoms. The molecule has 0 aliphatic rings. The Kier molecular flexibility index (Phi) is 3.98. The molecule has 0 heterocycles. The fourth-order valence-electron chi connectivity index (χ4n) is 1.10. The SMILES string of the molecule is COC(=O)c1ccc(C(C)NS)cc1. The number of thiol groups is 1. The van der Waals surface area contributed by atoms with Gasteiger partial charge < -0.3 is 4.74 Å². The lowest BCUT2D eigenvalue weighted by atomic mass is 10.1. The van der Waals surface area contributed by atoms with E-state index < -0.39 is 0 Å². The Balaban J connectivity index is 2.83. The third kappa shape index (κ3) is 2.49. The molecule has 1 rings (SSSR count). The normalized spacial score (nSPS) is 12.2. The van der Waals surface area contributed by atoms with Crippen molar-refractivity contribution in [2.24, 2.45) is 0 Å². The standard InChI is InChI=1S/C10H13NO2S/c1-7(11-14)8-3-5-9(6-4-8)10(12)13-2/h3-7,11,14H,1-2H3. The van der Waals surface area contributed by atoms with Gasteiger partial charge >= 0.3 is 5.97 Å². The van der Waals surface area contributed by atoms with E-state index in [9.17, 15) is 4.79 Å². The molecule has 0 fully saturated rings. The Morgan fingerprint density at radius 3 is 2.43 bits per heavy atom. The van der Waals surface area contributed by atoms with Gasteiger partial charge in [0, 0.05) is 6.04 Å². The minimum atomic E-state index is -0.317. The van der Waals surface area contributed by atoms with Gasteiger partial charge in [0.15, 0.2) is 0 Å². The van der Waals surface area contributed by atoms with E-state index in [1.807, 2.05) is 19.1 Å². The Morgan fingerprint density at radius 1 is 1.43 bits per heavy atom. The molecule has 3 nitrogen and oxygen atoms in total. The molecule has 1 aromatic carbocycles. The van der Waals surface area contributed by atoms with Crippen LogP contribution in [-0.2, 0) is 4.74 Å². The molecule has 76 valence electrons. The van der Waals surface area contributed by atoms with Crippen LogP contribution >= 0.6 is 12.8 Å². The number of nitrogens with one attached hydrogen (secondary N) is 1. The second-order valence-corrected chi connectivity index (χ2v) is 3.22. The monoisotopic (exact) mass is 211 g/mol. The molecular formula is C10H13NO2S. The zero-order chi connectivity index (χ0) is 10.6. The summed E-state index contributed by atoms with van der Waals surface area (Å²) in [6.45, 7) is 1.99. The van der Waals surface area contributed by atoms with E-state index in [-0.39, 0.29) is 12.0 Å². The molecule has 0 aliphatic carbocycles. The van der Waals surface area contributed by atoms with Gasteiger partial charge in [-0.05, 0) is 24.6 Å². The third-order valence-electron chi connectivity index (χ3n) is 2.03. The smallest absolute Gasteiger partial charge is 0.337 e. The maximum atomic E-state index is 11.1. The van der Waals surface area contributed by atoms with E-state index in [0.717, 1.165) is 5.56 Å². The van der Waals surface area contributed by atoms with Crippen LogP contribution in [0.5, 0.6) is 0 Å². The molecule has 1 unspecified atom stereocenters. The molecule has 14 heavy (non-hydrogen) atoms. The number of carbonyl (C=O) groups is 1. The van der Waals surface area contributed by atoms with Gasteiger partial charge in [-0.2, -0.15) is 0 Å². The van der Waals surface area contributed by atoms with Crippen molar-refractivity contribution in [1.82, 2.24) is 4.72 Å². The summed E-state index contributed by atoms with van der Waals surface area (Å²) in [7, 11) is 1.37. The fourth-order valence-corrected chi connectivity index (χ4v) is 1.25. The summed E-state index contributed by atoms with van der Waals surface area (Å²) in [5, 5.41) is 0. The van der Waals surface area contributed by atoms with Crippen LogP contribution < -0.4 is 4.72 Å². The van der Waals surface area contributed by atoms with Gasteiger partial charge in [0.25, 0.3) is 0 Å². The minimum Gasteiger partial charge on any atom is -0.465 e. The van der Waals surface area contributed by atoms with Crippen LogP contribution in [0.2, 0.25) is 0 Å². The van der Waals surface area contributed by atoms with Crippen molar-refractivity contribution in [3.63, 3.8) is 0 Å². The van der Waals surface area contributed by atoms with E-state index in [1.165, 1.54) is 7.11 Å². The second kappa shape index (κ2) is 5.02. The largest absolute Gasteiger partial charge is 0.465 e. The van der Waals surface area contributed by atoms with Crippen molar-refractivity contribution in [1.29, 1.82) is 0 Å². The molecule has 0 aliphatic heterocycles. The average molecular weight is 211 g/mol. The summed E-state index contributed by atoms with van der Waals surface area (Å²) in [5.41, 5.74) is 1.63. The average Bonchev–Trinajstić information content (AvgIpc) is 2.27. The fraction of sp³-hybridized carbons (Fsp3) is 0.300. The van der Waals surface area contributed by atoms with Crippen LogP contribution in [0.25, 0.3) is 0 Å². The molecule has 1 N–H and O–H groups in total. The zero-order valence-corrected chi connectivity index (χ0v) is 9.04. The number of hydrogen-bond acceptors (Lipinski definition) is 4. The molecule has 4 heteroatoms. The van der Waals surface area contributed by atoms with E-state index in [0.29, 0.717) is 5.56 Å². The second-order valence-electron chi connectivity index (χ2n) is 2.96. The minimum absolute atomic E-state index is 0.157. The topological polar surface area (TPSA) is 38.3 Å². The maximum Gasteiger partial charge on any atom is 0.337 e. The first kappa shape index (κ1) is 11.1. The van der Waals surface area contributed by atoms with E-state index in [2.05, 4.69) is 22.3 Å². The van der Waals surface area contributed by atoms with Crippen LogP contribution in [0, 0.1) is 0 Å². The summed E-state index contributed by atoms with van der Waals surface area (Å²) < 4.78 is 7.42. The molecule has 0 spiro atoms. The summed E-state index contributed by atoms with van der Waals surface area (Å²) >= 11 is 3.97. The predicted octanol–water partition coefficient (Wildman–Crippen LogP) is 1.97.